The van der Waals surface area contributed by atoms with Gasteiger partial charge in [-0.25, -0.2) is 0 Å². The summed E-state index contributed by atoms with van der Waals surface area (Å²) in [6.45, 7) is 5.77. The Morgan fingerprint density at radius 2 is 1.75 bits per heavy atom. The summed E-state index contributed by atoms with van der Waals surface area (Å²) in [6, 6.07) is 6.70. The van der Waals surface area contributed by atoms with Gasteiger partial charge in [-0.2, -0.15) is 13.2 Å². The summed E-state index contributed by atoms with van der Waals surface area (Å²) in [4.78, 5) is 0. The molecule has 0 bridgehead atoms. The molecule has 1 aliphatic heterocycles. The topological polar surface area (TPSA) is 76.6 Å². The number of nitrogens with one attached hydrogen (secondary N) is 1. The van der Waals surface area contributed by atoms with E-state index in [0.29, 0.717) is 24.9 Å². The van der Waals surface area contributed by atoms with Gasteiger partial charge in [-0.3, -0.25) is 9.49 Å². The number of H-pyrrole nitrogens is 1. The average molecular weight is 467 g/mol. The molecule has 3 rings (SSSR count). The van der Waals surface area contributed by atoms with E-state index in [1.165, 1.54) is 7.11 Å². The number of aliphatic hydroxyl groups excluding tert-OH is 1. The molecule has 0 amide bonds. The third kappa shape index (κ3) is 8.31. The Kier molecular flexibility index (Phi) is 12.9. The minimum atomic E-state index is -4.60. The fourth-order valence-electron chi connectivity index (χ4n) is 3.06. The summed E-state index contributed by atoms with van der Waals surface area (Å²) in [5.74, 6) is 0.432. The van der Waals surface area contributed by atoms with E-state index in [1.54, 1.807) is 31.2 Å². The van der Waals surface area contributed by atoms with Crippen LogP contribution in [0.4, 0.5) is 17.6 Å². The highest BCUT2D eigenvalue weighted by atomic mass is 19.4. The number of alkyl halides is 4. The van der Waals surface area contributed by atoms with Crippen molar-refractivity contribution >= 4 is 0 Å². The Labute approximate surface area is 186 Å². The van der Waals surface area contributed by atoms with Crippen molar-refractivity contribution in [2.24, 2.45) is 0 Å². The fourth-order valence-corrected chi connectivity index (χ4v) is 3.06. The summed E-state index contributed by atoms with van der Waals surface area (Å²) in [7, 11) is 2.01. The Morgan fingerprint density at radius 3 is 2.25 bits per heavy atom. The molecular formula is C22H34F4N2O4. The highest BCUT2D eigenvalue weighted by molar-refractivity contribution is 5.39. The van der Waals surface area contributed by atoms with Gasteiger partial charge in [-0.1, -0.05) is 33.4 Å². The molecule has 2 heterocycles. The number of hydrogen-bond donors (Lipinski definition) is 2. The lowest BCUT2D eigenvalue weighted by atomic mass is 10.0. The Bertz CT molecular complexity index is 756. The first-order valence-electron chi connectivity index (χ1n) is 9.91. The van der Waals surface area contributed by atoms with Crippen LogP contribution in [0.15, 0.2) is 24.3 Å². The van der Waals surface area contributed by atoms with Gasteiger partial charge in [0.25, 0.3) is 0 Å². The zero-order chi connectivity index (χ0) is 23.6. The molecular weight excluding hydrogens is 432 g/mol. The summed E-state index contributed by atoms with van der Waals surface area (Å²) < 4.78 is 65.8. The molecule has 0 saturated carbocycles. The Balaban J connectivity index is 0.00000182. The van der Waals surface area contributed by atoms with Crippen LogP contribution in [-0.2, 0) is 17.3 Å². The van der Waals surface area contributed by atoms with Crippen molar-refractivity contribution in [1.29, 1.82) is 0 Å². The maximum absolute atomic E-state index is 13.4. The number of ether oxygens (including phenoxy) is 3. The number of nitrogens with zero attached hydrogens (tertiary/aromatic N) is 1. The molecule has 0 spiro atoms. The first-order chi connectivity index (χ1) is 14.8. The lowest BCUT2D eigenvalue weighted by Gasteiger charge is -2.30. The summed E-state index contributed by atoms with van der Waals surface area (Å²) in [5, 5.41) is 15.6. The van der Waals surface area contributed by atoms with Crippen LogP contribution in [0.5, 0.6) is 11.6 Å². The van der Waals surface area contributed by atoms with Gasteiger partial charge in [0, 0.05) is 12.8 Å². The van der Waals surface area contributed by atoms with E-state index in [1.807, 2.05) is 18.9 Å². The number of rotatable bonds is 5. The normalized spacial score (nSPS) is 20.0. The van der Waals surface area contributed by atoms with E-state index >= 15 is 0 Å². The van der Waals surface area contributed by atoms with Gasteiger partial charge >= 0.3 is 6.18 Å². The average Bonchev–Trinajstić information content (AvgIpc) is 3.13. The SMILES string of the molecule is C.CC.CF.COc1ccc(Cc2c(OC3CC(O)CC(C)O3)n[nH]c2C(F)(F)F)cc1. The smallest absolute Gasteiger partial charge is 0.433 e. The lowest BCUT2D eigenvalue weighted by Crippen LogP contribution is -2.37. The maximum atomic E-state index is 13.4. The summed E-state index contributed by atoms with van der Waals surface area (Å²) in [6.07, 6.45) is -5.77. The van der Waals surface area contributed by atoms with Gasteiger partial charge in [0.2, 0.25) is 12.2 Å². The first-order valence-corrected chi connectivity index (χ1v) is 9.91. The monoisotopic (exact) mass is 466 g/mol. The number of benzene rings is 1. The molecule has 1 fully saturated rings. The molecule has 1 saturated heterocycles. The van der Waals surface area contributed by atoms with E-state index < -0.39 is 24.3 Å². The van der Waals surface area contributed by atoms with Gasteiger partial charge in [0.05, 0.1) is 32.1 Å². The zero-order valence-electron chi connectivity index (χ0n) is 18.3. The van der Waals surface area contributed by atoms with E-state index in [9.17, 15) is 22.7 Å². The minimum absolute atomic E-state index is 0. The summed E-state index contributed by atoms with van der Waals surface area (Å²) >= 11 is 0. The quantitative estimate of drug-likeness (QED) is 0.566. The Morgan fingerprint density at radius 1 is 1.16 bits per heavy atom. The molecule has 1 aromatic heterocycles. The first kappa shape index (κ1) is 29.7. The predicted molar refractivity (Wildman–Crippen MR) is 115 cm³/mol. The highest BCUT2D eigenvalue weighted by Gasteiger charge is 2.38. The van der Waals surface area contributed by atoms with Gasteiger partial charge in [-0.05, 0) is 31.0 Å². The lowest BCUT2D eigenvalue weighted by molar-refractivity contribution is -0.171. The van der Waals surface area contributed by atoms with Crippen molar-refractivity contribution < 1.29 is 36.9 Å². The second-order valence-electron chi connectivity index (χ2n) is 6.52. The molecule has 1 aromatic carbocycles. The minimum Gasteiger partial charge on any atom is -0.497 e. The van der Waals surface area contributed by atoms with Crippen molar-refractivity contribution in [3.8, 4) is 11.6 Å². The Hall–Kier alpha value is -2.33. The highest BCUT2D eigenvalue weighted by Crippen LogP contribution is 2.36. The molecule has 3 unspecified atom stereocenters. The van der Waals surface area contributed by atoms with Crippen molar-refractivity contribution in [3.05, 3.63) is 41.1 Å². The van der Waals surface area contributed by atoms with Crippen LogP contribution in [0.1, 0.15) is 57.9 Å². The maximum Gasteiger partial charge on any atom is 0.433 e. The van der Waals surface area contributed by atoms with Crippen LogP contribution >= 0.6 is 0 Å². The number of halogens is 4. The number of aromatic amines is 1. The predicted octanol–water partition coefficient (Wildman–Crippen LogP) is 5.54. The second-order valence-corrected chi connectivity index (χ2v) is 6.52. The number of aliphatic hydroxyl groups is 1. The van der Waals surface area contributed by atoms with Crippen LogP contribution < -0.4 is 9.47 Å². The molecule has 1 aliphatic rings. The van der Waals surface area contributed by atoms with E-state index in [4.69, 9.17) is 14.2 Å². The van der Waals surface area contributed by atoms with E-state index in [0.717, 1.165) is 0 Å². The molecule has 32 heavy (non-hydrogen) atoms. The molecule has 6 nitrogen and oxygen atoms in total. The number of hydrogen-bond acceptors (Lipinski definition) is 5. The van der Waals surface area contributed by atoms with Crippen LogP contribution in [0.25, 0.3) is 0 Å². The molecule has 0 radical (unpaired) electrons. The standard InChI is InChI=1S/C18H21F3N2O4.C2H6.CH3F.CH4/c1-10-7-12(24)9-15(26-10)27-17-14(16(22-23-17)18(19,20)21)8-11-3-5-13(25-2)6-4-11;2*1-2;/h3-6,10,12,15,24H,7-9H2,1-2H3,(H,22,23);1-2H3;1H3;1H4. The molecule has 2 aromatic rings. The molecule has 2 N–H and O–H groups in total. The van der Waals surface area contributed by atoms with Gasteiger partial charge in [0.15, 0.2) is 0 Å². The zero-order valence-corrected chi connectivity index (χ0v) is 18.3. The van der Waals surface area contributed by atoms with Crippen molar-refractivity contribution in [2.45, 2.75) is 72.1 Å². The van der Waals surface area contributed by atoms with Crippen molar-refractivity contribution in [3.63, 3.8) is 0 Å². The van der Waals surface area contributed by atoms with Gasteiger partial charge in [0.1, 0.15) is 11.4 Å². The van der Waals surface area contributed by atoms with Crippen molar-refractivity contribution in [1.82, 2.24) is 10.2 Å². The van der Waals surface area contributed by atoms with Crippen LogP contribution in [0.2, 0.25) is 0 Å². The largest absolute Gasteiger partial charge is 0.497 e. The molecule has 3 atom stereocenters. The number of methoxy groups -OCH3 is 1. The van der Waals surface area contributed by atoms with Gasteiger partial charge in [-0.15, -0.1) is 5.10 Å². The summed E-state index contributed by atoms with van der Waals surface area (Å²) in [5.41, 5.74) is -0.424. The molecule has 184 valence electrons. The number of aromatic nitrogens is 2. The molecule has 10 heteroatoms. The fraction of sp³-hybridized carbons (Fsp3) is 0.591. The third-order valence-corrected chi connectivity index (χ3v) is 4.35. The second kappa shape index (κ2) is 13.9. The van der Waals surface area contributed by atoms with E-state index in [-0.39, 0.29) is 37.8 Å². The third-order valence-electron chi connectivity index (χ3n) is 4.35. The van der Waals surface area contributed by atoms with Crippen LogP contribution in [0.3, 0.4) is 0 Å². The van der Waals surface area contributed by atoms with E-state index in [2.05, 4.69) is 5.10 Å². The van der Waals surface area contributed by atoms with Gasteiger partial charge < -0.3 is 19.3 Å². The van der Waals surface area contributed by atoms with Crippen LogP contribution in [0, 0.1) is 0 Å². The van der Waals surface area contributed by atoms with Crippen LogP contribution in [-0.4, -0.2) is 48.1 Å². The molecule has 0 aliphatic carbocycles. The van der Waals surface area contributed by atoms with Crippen molar-refractivity contribution in [2.75, 3.05) is 14.3 Å².